The van der Waals surface area contributed by atoms with Crippen molar-refractivity contribution in [2.45, 2.75) is 32.8 Å². The van der Waals surface area contributed by atoms with Gasteiger partial charge in [0.1, 0.15) is 6.10 Å². The maximum atomic E-state index is 11.0. The number of ether oxygens (including phenoxy) is 1. The third-order valence-corrected chi connectivity index (χ3v) is 1.94. The number of amides is 2. The molecule has 1 fully saturated rings. The molecule has 1 saturated heterocycles. The summed E-state index contributed by atoms with van der Waals surface area (Å²) < 4.78 is 5.26. The van der Waals surface area contributed by atoms with Gasteiger partial charge in [-0.2, -0.15) is 0 Å². The van der Waals surface area contributed by atoms with Crippen molar-refractivity contribution < 1.29 is 14.3 Å². The van der Waals surface area contributed by atoms with Gasteiger partial charge in [-0.1, -0.05) is 13.8 Å². The standard InChI is InChI=1S/C9H15NO3/c1-6(2)3-4-13-7-5-8(11)10-9(7)12/h6-7H,3-5H2,1-2H3,(H,10,11,12). The van der Waals surface area contributed by atoms with Crippen molar-refractivity contribution in [3.05, 3.63) is 0 Å². The summed E-state index contributed by atoms with van der Waals surface area (Å²) in [6.07, 6.45) is 0.542. The minimum absolute atomic E-state index is 0.178. The third-order valence-electron chi connectivity index (χ3n) is 1.94. The lowest BCUT2D eigenvalue weighted by molar-refractivity contribution is -0.129. The second kappa shape index (κ2) is 4.37. The first kappa shape index (κ1) is 10.2. The average molecular weight is 185 g/mol. The van der Waals surface area contributed by atoms with Gasteiger partial charge in [-0.05, 0) is 12.3 Å². The monoisotopic (exact) mass is 185 g/mol. The van der Waals surface area contributed by atoms with Crippen LogP contribution in [-0.2, 0) is 14.3 Å². The molecule has 1 aliphatic rings. The molecule has 0 saturated carbocycles. The molecule has 0 radical (unpaired) electrons. The van der Waals surface area contributed by atoms with Gasteiger partial charge >= 0.3 is 0 Å². The Labute approximate surface area is 77.6 Å². The van der Waals surface area contributed by atoms with Gasteiger partial charge in [0.05, 0.1) is 6.42 Å². The largest absolute Gasteiger partial charge is 0.368 e. The molecule has 1 N–H and O–H groups in total. The smallest absolute Gasteiger partial charge is 0.256 e. The summed E-state index contributed by atoms with van der Waals surface area (Å²) >= 11 is 0. The van der Waals surface area contributed by atoms with E-state index in [0.717, 1.165) is 6.42 Å². The van der Waals surface area contributed by atoms with E-state index in [2.05, 4.69) is 19.2 Å². The van der Waals surface area contributed by atoms with Crippen molar-refractivity contribution >= 4 is 11.8 Å². The van der Waals surface area contributed by atoms with Gasteiger partial charge in [0.25, 0.3) is 5.91 Å². The number of nitrogens with one attached hydrogen (secondary N) is 1. The molecule has 0 aromatic carbocycles. The van der Waals surface area contributed by atoms with Crippen LogP contribution in [0, 0.1) is 5.92 Å². The number of hydrogen-bond acceptors (Lipinski definition) is 3. The summed E-state index contributed by atoms with van der Waals surface area (Å²) in [5.41, 5.74) is 0. The number of rotatable bonds is 4. The summed E-state index contributed by atoms with van der Waals surface area (Å²) in [5, 5.41) is 2.20. The number of carbonyl (C=O) groups excluding carboxylic acids is 2. The van der Waals surface area contributed by atoms with Crippen molar-refractivity contribution in [2.75, 3.05) is 6.61 Å². The molecule has 2 amide bonds. The number of carbonyl (C=O) groups is 2. The Morgan fingerprint density at radius 3 is 2.69 bits per heavy atom. The topological polar surface area (TPSA) is 55.4 Å². The van der Waals surface area contributed by atoms with E-state index < -0.39 is 6.10 Å². The van der Waals surface area contributed by atoms with Gasteiger partial charge in [-0.15, -0.1) is 0 Å². The van der Waals surface area contributed by atoms with Crippen molar-refractivity contribution in [2.24, 2.45) is 5.92 Å². The van der Waals surface area contributed by atoms with Crippen LogP contribution in [0.25, 0.3) is 0 Å². The molecule has 74 valence electrons. The van der Waals surface area contributed by atoms with Crippen LogP contribution in [-0.4, -0.2) is 24.5 Å². The molecule has 4 nitrogen and oxygen atoms in total. The first-order valence-corrected chi connectivity index (χ1v) is 4.55. The fourth-order valence-corrected chi connectivity index (χ4v) is 1.11. The minimum atomic E-state index is -0.550. The molecule has 1 heterocycles. The summed E-state index contributed by atoms with van der Waals surface area (Å²) in [6.45, 7) is 4.72. The van der Waals surface area contributed by atoms with Crippen molar-refractivity contribution in [3.63, 3.8) is 0 Å². The van der Waals surface area contributed by atoms with E-state index in [-0.39, 0.29) is 18.2 Å². The van der Waals surface area contributed by atoms with E-state index in [1.807, 2.05) is 0 Å². The molecule has 13 heavy (non-hydrogen) atoms. The van der Waals surface area contributed by atoms with Crippen LogP contribution in [0.2, 0.25) is 0 Å². The fourth-order valence-electron chi connectivity index (χ4n) is 1.11. The van der Waals surface area contributed by atoms with Crippen LogP contribution in [0.4, 0.5) is 0 Å². The first-order valence-electron chi connectivity index (χ1n) is 4.55. The summed E-state index contributed by atoms with van der Waals surface area (Å²) in [4.78, 5) is 21.8. The van der Waals surface area contributed by atoms with Crippen molar-refractivity contribution in [1.82, 2.24) is 5.32 Å². The Kier molecular flexibility index (Phi) is 3.42. The van der Waals surface area contributed by atoms with Gasteiger partial charge in [0.2, 0.25) is 5.91 Å². The Bertz CT molecular complexity index is 213. The normalized spacial score (nSPS) is 22.5. The van der Waals surface area contributed by atoms with Crippen LogP contribution in [0.5, 0.6) is 0 Å². The van der Waals surface area contributed by atoms with Gasteiger partial charge in [0.15, 0.2) is 0 Å². The van der Waals surface area contributed by atoms with Gasteiger partial charge in [-0.3, -0.25) is 14.9 Å². The highest BCUT2D eigenvalue weighted by atomic mass is 16.5. The molecule has 1 unspecified atom stereocenters. The Balaban J connectivity index is 2.22. The van der Waals surface area contributed by atoms with E-state index in [1.165, 1.54) is 0 Å². The van der Waals surface area contributed by atoms with Crippen LogP contribution >= 0.6 is 0 Å². The number of hydrogen-bond donors (Lipinski definition) is 1. The maximum Gasteiger partial charge on any atom is 0.256 e. The predicted octanol–water partition coefficient (Wildman–Crippen LogP) is 0.464. The number of imide groups is 1. The average Bonchev–Trinajstić information content (AvgIpc) is 2.29. The zero-order valence-corrected chi connectivity index (χ0v) is 8.00. The summed E-state index contributed by atoms with van der Waals surface area (Å²) in [5.74, 6) is 0.0217. The quantitative estimate of drug-likeness (QED) is 0.647. The summed E-state index contributed by atoms with van der Waals surface area (Å²) in [6, 6.07) is 0. The Morgan fingerprint density at radius 1 is 1.54 bits per heavy atom. The summed E-state index contributed by atoms with van der Waals surface area (Å²) in [7, 11) is 0. The molecule has 0 aromatic rings. The zero-order valence-electron chi connectivity index (χ0n) is 8.00. The molecule has 0 aromatic heterocycles. The lowest BCUT2D eigenvalue weighted by Gasteiger charge is -2.09. The highest BCUT2D eigenvalue weighted by molar-refractivity contribution is 6.04. The van der Waals surface area contributed by atoms with E-state index in [0.29, 0.717) is 12.5 Å². The van der Waals surface area contributed by atoms with Gasteiger partial charge < -0.3 is 4.74 Å². The molecule has 0 spiro atoms. The van der Waals surface area contributed by atoms with Crippen molar-refractivity contribution in [1.29, 1.82) is 0 Å². The van der Waals surface area contributed by atoms with Crippen molar-refractivity contribution in [3.8, 4) is 0 Å². The van der Waals surface area contributed by atoms with Crippen LogP contribution < -0.4 is 5.32 Å². The third kappa shape index (κ3) is 3.14. The molecule has 1 rings (SSSR count). The minimum Gasteiger partial charge on any atom is -0.368 e. The highest BCUT2D eigenvalue weighted by Gasteiger charge is 2.30. The van der Waals surface area contributed by atoms with Gasteiger partial charge in [-0.25, -0.2) is 0 Å². The molecule has 1 atom stereocenters. The molecular weight excluding hydrogens is 170 g/mol. The first-order chi connectivity index (χ1) is 6.09. The molecule has 4 heteroatoms. The predicted molar refractivity (Wildman–Crippen MR) is 47.0 cm³/mol. The SMILES string of the molecule is CC(C)CCOC1CC(=O)NC1=O. The second-order valence-corrected chi connectivity index (χ2v) is 3.66. The lowest BCUT2D eigenvalue weighted by atomic mass is 10.1. The zero-order chi connectivity index (χ0) is 9.84. The molecule has 0 bridgehead atoms. The van der Waals surface area contributed by atoms with E-state index in [4.69, 9.17) is 4.74 Å². The Morgan fingerprint density at radius 2 is 2.23 bits per heavy atom. The van der Waals surface area contributed by atoms with E-state index >= 15 is 0 Å². The second-order valence-electron chi connectivity index (χ2n) is 3.66. The van der Waals surface area contributed by atoms with E-state index in [9.17, 15) is 9.59 Å². The highest BCUT2D eigenvalue weighted by Crippen LogP contribution is 2.08. The Hall–Kier alpha value is -0.900. The lowest BCUT2D eigenvalue weighted by Crippen LogP contribution is -2.26. The van der Waals surface area contributed by atoms with Gasteiger partial charge in [0, 0.05) is 6.61 Å². The molecular formula is C9H15NO3. The maximum absolute atomic E-state index is 11.0. The fraction of sp³-hybridized carbons (Fsp3) is 0.778. The van der Waals surface area contributed by atoms with Crippen LogP contribution in [0.15, 0.2) is 0 Å². The van der Waals surface area contributed by atoms with Crippen LogP contribution in [0.1, 0.15) is 26.7 Å². The van der Waals surface area contributed by atoms with Crippen LogP contribution in [0.3, 0.4) is 0 Å². The molecule has 1 aliphatic heterocycles. The molecule has 0 aliphatic carbocycles. The van der Waals surface area contributed by atoms with E-state index in [1.54, 1.807) is 0 Å².